The Bertz CT molecular complexity index is 817. The highest BCUT2D eigenvalue weighted by molar-refractivity contribution is 7.73. The van der Waals surface area contributed by atoms with Crippen LogP contribution >= 0.6 is 7.26 Å². The second-order valence-corrected chi connectivity index (χ2v) is 15.3. The molecule has 0 N–H and O–H groups in total. The molecule has 0 saturated carbocycles. The summed E-state index contributed by atoms with van der Waals surface area (Å²) in [6.45, 7) is 2.30. The van der Waals surface area contributed by atoms with E-state index in [-0.39, 0.29) is 0 Å². The molecule has 0 radical (unpaired) electrons. The lowest BCUT2D eigenvalue weighted by molar-refractivity contribution is 0.543. The van der Waals surface area contributed by atoms with Crippen molar-refractivity contribution in [3.8, 4) is 0 Å². The zero-order valence-corrected chi connectivity index (χ0v) is 24.5. The van der Waals surface area contributed by atoms with Crippen molar-refractivity contribution in [3.63, 3.8) is 0 Å². The van der Waals surface area contributed by atoms with Gasteiger partial charge in [-0.05, 0) is 29.5 Å². The first-order chi connectivity index (χ1) is 18.3. The average molecular weight is 516 g/mol. The van der Waals surface area contributed by atoms with Crippen molar-refractivity contribution in [3.05, 3.63) is 108 Å². The SMILES string of the molecule is CCCCCCCCCCCCCCC[P+](Cc1ccccc1)(Cc1ccccc1)Cc1ccccc1. The fourth-order valence-corrected chi connectivity index (χ4v) is 10.4. The van der Waals surface area contributed by atoms with Gasteiger partial charge in [-0.25, -0.2) is 0 Å². The highest BCUT2D eigenvalue weighted by atomic mass is 31.2. The quantitative estimate of drug-likeness (QED) is 0.104. The maximum Gasteiger partial charge on any atom is 0.0849 e. The lowest BCUT2D eigenvalue weighted by Crippen LogP contribution is -2.09. The Morgan fingerprint density at radius 2 is 0.676 bits per heavy atom. The van der Waals surface area contributed by atoms with Gasteiger partial charge in [0.2, 0.25) is 0 Å². The minimum atomic E-state index is -1.24. The van der Waals surface area contributed by atoms with Crippen molar-refractivity contribution in [1.82, 2.24) is 0 Å². The fraction of sp³-hybridized carbons (Fsp3) is 0.500. The lowest BCUT2D eigenvalue weighted by Gasteiger charge is -2.29. The van der Waals surface area contributed by atoms with Crippen LogP contribution in [-0.4, -0.2) is 6.16 Å². The predicted molar refractivity (Wildman–Crippen MR) is 168 cm³/mol. The number of hydrogen-bond acceptors (Lipinski definition) is 0. The van der Waals surface area contributed by atoms with E-state index in [1.165, 1.54) is 125 Å². The molecule has 0 atom stereocenters. The van der Waals surface area contributed by atoms with Crippen molar-refractivity contribution in [2.75, 3.05) is 6.16 Å². The number of unbranched alkanes of at least 4 members (excludes halogenated alkanes) is 12. The summed E-state index contributed by atoms with van der Waals surface area (Å²) in [5.74, 6) is 0. The molecule has 0 nitrogen and oxygen atoms in total. The van der Waals surface area contributed by atoms with E-state index in [1.807, 2.05) is 0 Å². The van der Waals surface area contributed by atoms with Crippen LogP contribution in [0.25, 0.3) is 0 Å². The minimum absolute atomic E-state index is 1.24. The van der Waals surface area contributed by atoms with Crippen molar-refractivity contribution < 1.29 is 0 Å². The molecule has 0 aromatic heterocycles. The van der Waals surface area contributed by atoms with Crippen LogP contribution in [0.2, 0.25) is 0 Å². The third kappa shape index (κ3) is 12.5. The molecule has 0 fully saturated rings. The number of rotatable bonds is 20. The first-order valence-corrected chi connectivity index (χ1v) is 17.8. The summed E-state index contributed by atoms with van der Waals surface area (Å²) in [5.41, 5.74) is 4.58. The summed E-state index contributed by atoms with van der Waals surface area (Å²) < 4.78 is 0. The van der Waals surface area contributed by atoms with Gasteiger partial charge in [-0.1, -0.05) is 169 Å². The van der Waals surface area contributed by atoms with Gasteiger partial charge in [0.15, 0.2) is 0 Å². The van der Waals surface area contributed by atoms with E-state index in [0.29, 0.717) is 0 Å². The monoisotopic (exact) mass is 515 g/mol. The molecule has 3 rings (SSSR count). The van der Waals surface area contributed by atoms with E-state index in [2.05, 4.69) is 97.9 Å². The average Bonchev–Trinajstić information content (AvgIpc) is 2.93. The van der Waals surface area contributed by atoms with E-state index in [0.717, 1.165) is 0 Å². The van der Waals surface area contributed by atoms with E-state index in [9.17, 15) is 0 Å². The molecule has 1 heteroatoms. The van der Waals surface area contributed by atoms with Crippen LogP contribution < -0.4 is 0 Å². The van der Waals surface area contributed by atoms with Crippen LogP contribution in [0.15, 0.2) is 91.0 Å². The Labute approximate surface area is 229 Å². The second-order valence-electron chi connectivity index (χ2n) is 11.2. The van der Waals surface area contributed by atoms with Crippen molar-refractivity contribution in [1.29, 1.82) is 0 Å². The summed E-state index contributed by atoms with van der Waals surface area (Å²) in [6, 6.07) is 33.9. The molecule has 37 heavy (non-hydrogen) atoms. The Morgan fingerprint density at radius 1 is 0.378 bits per heavy atom. The summed E-state index contributed by atoms with van der Waals surface area (Å²) in [5, 5.41) is 0. The molecule has 0 unspecified atom stereocenters. The maximum atomic E-state index is 2.36. The van der Waals surface area contributed by atoms with Gasteiger partial charge >= 0.3 is 0 Å². The molecule has 3 aromatic rings. The molecule has 0 aliphatic carbocycles. The zero-order valence-electron chi connectivity index (χ0n) is 23.6. The highest BCUT2D eigenvalue weighted by Crippen LogP contribution is 2.67. The van der Waals surface area contributed by atoms with Crippen LogP contribution in [0.3, 0.4) is 0 Å². The van der Waals surface area contributed by atoms with Gasteiger partial charge in [0.05, 0.1) is 24.6 Å². The third-order valence-electron chi connectivity index (χ3n) is 7.82. The molecule has 0 heterocycles. The number of benzene rings is 3. The Hall–Kier alpha value is -1.91. The fourth-order valence-electron chi connectivity index (χ4n) is 5.78. The summed E-state index contributed by atoms with van der Waals surface area (Å²) in [4.78, 5) is 0. The van der Waals surface area contributed by atoms with Crippen molar-refractivity contribution >= 4 is 7.26 Å². The first-order valence-electron chi connectivity index (χ1n) is 15.3. The highest BCUT2D eigenvalue weighted by Gasteiger charge is 2.37. The second kappa shape index (κ2) is 18.4. The topological polar surface area (TPSA) is 0 Å². The molecule has 200 valence electrons. The van der Waals surface area contributed by atoms with Gasteiger partial charge in [-0.3, -0.25) is 0 Å². The van der Waals surface area contributed by atoms with Crippen LogP contribution in [0.5, 0.6) is 0 Å². The zero-order chi connectivity index (χ0) is 25.9. The summed E-state index contributed by atoms with van der Waals surface area (Å²) in [7, 11) is -1.24. The van der Waals surface area contributed by atoms with Gasteiger partial charge in [0, 0.05) is 7.26 Å². The molecule has 3 aromatic carbocycles. The molecular weight excluding hydrogens is 463 g/mol. The number of hydrogen-bond donors (Lipinski definition) is 0. The van der Waals surface area contributed by atoms with Crippen LogP contribution in [0.4, 0.5) is 0 Å². The van der Waals surface area contributed by atoms with E-state index < -0.39 is 7.26 Å². The van der Waals surface area contributed by atoms with Crippen LogP contribution in [0, 0.1) is 0 Å². The Kier molecular flexibility index (Phi) is 14.7. The van der Waals surface area contributed by atoms with Gasteiger partial charge in [0.25, 0.3) is 0 Å². The summed E-state index contributed by atoms with van der Waals surface area (Å²) >= 11 is 0. The van der Waals surface area contributed by atoms with Crippen molar-refractivity contribution in [2.45, 2.75) is 109 Å². The Morgan fingerprint density at radius 3 is 1.00 bits per heavy atom. The molecular formula is C36H52P+. The molecule has 0 aliphatic rings. The standard InChI is InChI=1S/C36H52P/c1-2-3-4-5-6-7-8-9-10-11-12-13-23-30-37(31-34-24-17-14-18-25-34,32-35-26-19-15-20-27-35)33-36-28-21-16-22-29-36/h14-22,24-29H,2-13,23,30-33H2,1H3/q+1. The van der Waals surface area contributed by atoms with Gasteiger partial charge < -0.3 is 0 Å². The smallest absolute Gasteiger partial charge is 0.0654 e. The van der Waals surface area contributed by atoms with Gasteiger partial charge in [0.1, 0.15) is 0 Å². The maximum absolute atomic E-state index is 2.36. The third-order valence-corrected chi connectivity index (χ3v) is 12.2. The van der Waals surface area contributed by atoms with E-state index in [1.54, 1.807) is 0 Å². The van der Waals surface area contributed by atoms with E-state index >= 15 is 0 Å². The molecule has 0 spiro atoms. The Balaban J connectivity index is 1.52. The summed E-state index contributed by atoms with van der Waals surface area (Å²) in [6.07, 6.45) is 23.7. The molecule has 0 saturated heterocycles. The van der Waals surface area contributed by atoms with Gasteiger partial charge in [-0.2, -0.15) is 0 Å². The largest absolute Gasteiger partial charge is 0.0849 e. The predicted octanol–water partition coefficient (Wildman–Crippen LogP) is 11.7. The molecule has 0 aliphatic heterocycles. The van der Waals surface area contributed by atoms with Crippen LogP contribution in [0.1, 0.15) is 107 Å². The lowest BCUT2D eigenvalue weighted by atomic mass is 10.1. The first kappa shape index (κ1) is 29.6. The van der Waals surface area contributed by atoms with Crippen LogP contribution in [-0.2, 0) is 18.5 Å². The van der Waals surface area contributed by atoms with Gasteiger partial charge in [-0.15, -0.1) is 0 Å². The minimum Gasteiger partial charge on any atom is -0.0654 e. The molecule has 0 amide bonds. The van der Waals surface area contributed by atoms with Crippen molar-refractivity contribution in [2.24, 2.45) is 0 Å². The van der Waals surface area contributed by atoms with E-state index in [4.69, 9.17) is 0 Å². The molecule has 0 bridgehead atoms. The normalized spacial score (nSPS) is 11.6.